The molecule has 1 aliphatic rings. The van der Waals surface area contributed by atoms with Gasteiger partial charge in [-0.2, -0.15) is 11.8 Å². The van der Waals surface area contributed by atoms with Gasteiger partial charge in [0.15, 0.2) is 5.75 Å². The highest BCUT2D eigenvalue weighted by Crippen LogP contribution is 2.29. The molecule has 0 saturated carbocycles. The number of ether oxygens (including phenoxy) is 1. The third kappa shape index (κ3) is 1.99. The topological polar surface area (TPSA) is 39.4 Å². The number of thioether (sulfide) groups is 1. The molecule has 3 heterocycles. The zero-order valence-corrected chi connectivity index (χ0v) is 10.6. The highest BCUT2D eigenvalue weighted by Gasteiger charge is 2.19. The van der Waals surface area contributed by atoms with E-state index in [2.05, 4.69) is 10.2 Å². The lowest BCUT2D eigenvalue weighted by Gasteiger charge is -2.06. The number of hydrogen-bond donors (Lipinski definition) is 0. The molecule has 0 aromatic carbocycles. The van der Waals surface area contributed by atoms with Crippen molar-refractivity contribution in [2.75, 3.05) is 12.9 Å². The number of aromatic nitrogens is 3. The van der Waals surface area contributed by atoms with Crippen LogP contribution in [-0.2, 0) is 6.42 Å². The molecule has 1 aliphatic heterocycles. The molecule has 90 valence electrons. The van der Waals surface area contributed by atoms with Crippen LogP contribution in [0.4, 0.5) is 0 Å². The number of methoxy groups -OCH3 is 1. The van der Waals surface area contributed by atoms with Crippen molar-refractivity contribution in [3.05, 3.63) is 24.2 Å². The molecule has 3 rings (SSSR count). The molecule has 1 saturated heterocycles. The second-order valence-corrected chi connectivity index (χ2v) is 5.63. The summed E-state index contributed by atoms with van der Waals surface area (Å²) >= 11 is 2.05. The Labute approximate surface area is 104 Å². The molecule has 1 fully saturated rings. The van der Waals surface area contributed by atoms with Gasteiger partial charge in [-0.3, -0.25) is 4.40 Å². The Bertz CT molecular complexity index is 519. The average molecular weight is 249 g/mol. The monoisotopic (exact) mass is 249 g/mol. The van der Waals surface area contributed by atoms with Crippen molar-refractivity contribution in [2.45, 2.75) is 24.5 Å². The van der Waals surface area contributed by atoms with Crippen LogP contribution in [0.1, 0.15) is 18.7 Å². The summed E-state index contributed by atoms with van der Waals surface area (Å²) in [6.07, 6.45) is 5.63. The van der Waals surface area contributed by atoms with E-state index in [4.69, 9.17) is 4.74 Å². The van der Waals surface area contributed by atoms with Gasteiger partial charge in [0.1, 0.15) is 5.82 Å². The second kappa shape index (κ2) is 4.56. The fraction of sp³-hybridized carbons (Fsp3) is 0.500. The highest BCUT2D eigenvalue weighted by molar-refractivity contribution is 8.00. The number of nitrogens with zero attached hydrogens (tertiary/aromatic N) is 3. The van der Waals surface area contributed by atoms with Crippen LogP contribution in [0.15, 0.2) is 18.3 Å². The van der Waals surface area contributed by atoms with Crippen LogP contribution in [0.3, 0.4) is 0 Å². The predicted octanol–water partition coefficient (Wildman–Crippen LogP) is 2.18. The first kappa shape index (κ1) is 10.9. The predicted molar refractivity (Wildman–Crippen MR) is 68.7 cm³/mol. The minimum Gasteiger partial charge on any atom is -0.493 e. The molecule has 1 unspecified atom stereocenters. The molecule has 5 heteroatoms. The molecule has 0 spiro atoms. The molecule has 0 amide bonds. The van der Waals surface area contributed by atoms with Crippen molar-refractivity contribution in [1.82, 2.24) is 14.6 Å². The summed E-state index contributed by atoms with van der Waals surface area (Å²) in [7, 11) is 1.66. The maximum absolute atomic E-state index is 5.28. The van der Waals surface area contributed by atoms with E-state index in [0.29, 0.717) is 5.25 Å². The van der Waals surface area contributed by atoms with Gasteiger partial charge in [0.05, 0.1) is 7.11 Å². The van der Waals surface area contributed by atoms with Gasteiger partial charge in [-0.05, 0) is 30.7 Å². The van der Waals surface area contributed by atoms with Gasteiger partial charge in [-0.25, -0.2) is 0 Å². The fourth-order valence-corrected chi connectivity index (χ4v) is 3.51. The third-order valence-corrected chi connectivity index (χ3v) is 4.52. The van der Waals surface area contributed by atoms with Crippen LogP contribution in [0.25, 0.3) is 5.65 Å². The number of hydrogen-bond acceptors (Lipinski definition) is 4. The Morgan fingerprint density at radius 3 is 3.24 bits per heavy atom. The van der Waals surface area contributed by atoms with E-state index in [1.165, 1.54) is 18.6 Å². The summed E-state index contributed by atoms with van der Waals surface area (Å²) in [5, 5.41) is 9.20. The second-order valence-electron chi connectivity index (χ2n) is 4.23. The smallest absolute Gasteiger partial charge is 0.203 e. The maximum Gasteiger partial charge on any atom is 0.203 e. The van der Waals surface area contributed by atoms with Crippen molar-refractivity contribution in [1.29, 1.82) is 0 Å². The van der Waals surface area contributed by atoms with Gasteiger partial charge in [0.25, 0.3) is 0 Å². The van der Waals surface area contributed by atoms with Gasteiger partial charge >= 0.3 is 0 Å². The van der Waals surface area contributed by atoms with E-state index in [1.54, 1.807) is 7.11 Å². The lowest BCUT2D eigenvalue weighted by atomic mass is 10.2. The summed E-state index contributed by atoms with van der Waals surface area (Å²) < 4.78 is 7.32. The Morgan fingerprint density at radius 1 is 1.53 bits per heavy atom. The van der Waals surface area contributed by atoms with Crippen molar-refractivity contribution < 1.29 is 4.74 Å². The molecule has 2 aromatic heterocycles. The number of rotatable bonds is 3. The van der Waals surface area contributed by atoms with Crippen LogP contribution in [-0.4, -0.2) is 32.7 Å². The maximum atomic E-state index is 5.28. The van der Waals surface area contributed by atoms with Gasteiger partial charge in [-0.1, -0.05) is 0 Å². The Kier molecular flexibility index (Phi) is 2.93. The summed E-state index contributed by atoms with van der Waals surface area (Å²) in [6.45, 7) is 0. The van der Waals surface area contributed by atoms with Crippen molar-refractivity contribution in [3.8, 4) is 5.75 Å². The van der Waals surface area contributed by atoms with Crippen LogP contribution < -0.4 is 4.74 Å². The van der Waals surface area contributed by atoms with Crippen LogP contribution in [0, 0.1) is 0 Å². The lowest BCUT2D eigenvalue weighted by molar-refractivity contribution is 0.416. The first-order valence-electron chi connectivity index (χ1n) is 5.86. The average Bonchev–Trinajstić information content (AvgIpc) is 2.99. The van der Waals surface area contributed by atoms with Gasteiger partial charge in [0, 0.05) is 17.9 Å². The lowest BCUT2D eigenvalue weighted by Crippen LogP contribution is -2.06. The van der Waals surface area contributed by atoms with Gasteiger partial charge < -0.3 is 4.74 Å². The number of pyridine rings is 1. The standard InChI is InChI=1S/C12H15N3OS/c1-16-10-5-2-6-15-11(13-14-12(10)15)8-9-4-3-7-17-9/h2,5-6,9H,3-4,7-8H2,1H3. The Morgan fingerprint density at radius 2 is 2.47 bits per heavy atom. The van der Waals surface area contributed by atoms with E-state index >= 15 is 0 Å². The normalized spacial score (nSPS) is 19.9. The molecule has 0 radical (unpaired) electrons. The highest BCUT2D eigenvalue weighted by atomic mass is 32.2. The fourth-order valence-electron chi connectivity index (χ4n) is 2.25. The SMILES string of the molecule is COc1cccn2c(CC3CCCS3)nnc12. The molecule has 2 aromatic rings. The van der Waals surface area contributed by atoms with Crippen LogP contribution in [0.2, 0.25) is 0 Å². The van der Waals surface area contributed by atoms with Crippen LogP contribution in [0.5, 0.6) is 5.75 Å². The third-order valence-electron chi connectivity index (χ3n) is 3.12. The minimum atomic E-state index is 0.702. The molecule has 4 nitrogen and oxygen atoms in total. The largest absolute Gasteiger partial charge is 0.493 e. The molecule has 0 bridgehead atoms. The van der Waals surface area contributed by atoms with E-state index in [1.807, 2.05) is 34.5 Å². The molecule has 0 aliphatic carbocycles. The number of fused-ring (bicyclic) bond motifs is 1. The Hall–Kier alpha value is -1.23. The van der Waals surface area contributed by atoms with E-state index in [-0.39, 0.29) is 0 Å². The first-order chi connectivity index (χ1) is 8.38. The summed E-state index contributed by atoms with van der Waals surface area (Å²) in [4.78, 5) is 0. The summed E-state index contributed by atoms with van der Waals surface area (Å²) in [6, 6.07) is 3.89. The zero-order chi connectivity index (χ0) is 11.7. The zero-order valence-electron chi connectivity index (χ0n) is 9.80. The van der Waals surface area contributed by atoms with E-state index < -0.39 is 0 Å². The summed E-state index contributed by atoms with van der Waals surface area (Å²) in [5.74, 6) is 3.11. The molecule has 0 N–H and O–H groups in total. The van der Waals surface area contributed by atoms with Crippen molar-refractivity contribution in [3.63, 3.8) is 0 Å². The van der Waals surface area contributed by atoms with Gasteiger partial charge in [-0.15, -0.1) is 10.2 Å². The summed E-state index contributed by atoms with van der Waals surface area (Å²) in [5.41, 5.74) is 0.813. The molecule has 17 heavy (non-hydrogen) atoms. The van der Waals surface area contributed by atoms with E-state index in [0.717, 1.165) is 23.6 Å². The molecular weight excluding hydrogens is 234 g/mol. The first-order valence-corrected chi connectivity index (χ1v) is 6.91. The minimum absolute atomic E-state index is 0.702. The quantitative estimate of drug-likeness (QED) is 0.836. The molecular formula is C12H15N3OS. The van der Waals surface area contributed by atoms with Crippen LogP contribution >= 0.6 is 11.8 Å². The van der Waals surface area contributed by atoms with Crippen molar-refractivity contribution >= 4 is 17.4 Å². The molecule has 1 atom stereocenters. The van der Waals surface area contributed by atoms with Gasteiger partial charge in [0.2, 0.25) is 5.65 Å². The van der Waals surface area contributed by atoms with E-state index in [9.17, 15) is 0 Å². The van der Waals surface area contributed by atoms with Crippen molar-refractivity contribution in [2.24, 2.45) is 0 Å². The Balaban J connectivity index is 1.94.